The van der Waals surface area contributed by atoms with Crippen molar-refractivity contribution in [1.82, 2.24) is 10.5 Å². The number of fused-ring (bicyclic) bond motifs is 1. The van der Waals surface area contributed by atoms with Crippen LogP contribution in [-0.2, 0) is 9.57 Å². The first-order valence-corrected chi connectivity index (χ1v) is 9.36. The number of ether oxygens (including phenoxy) is 2. The molecule has 1 aliphatic rings. The number of carbonyl (C=O) groups is 1. The second-order valence-electron chi connectivity index (χ2n) is 6.65. The van der Waals surface area contributed by atoms with Gasteiger partial charge in [-0.05, 0) is 49.2 Å². The monoisotopic (exact) mass is 378 g/mol. The molecule has 1 atom stereocenters. The molecule has 144 valence electrons. The quantitative estimate of drug-likeness (QED) is 0.677. The van der Waals surface area contributed by atoms with Crippen LogP contribution in [-0.4, -0.2) is 30.9 Å². The molecule has 1 amide bonds. The third-order valence-electron chi connectivity index (χ3n) is 4.77. The number of nitrogens with one attached hydrogen (secondary N) is 1. The van der Waals surface area contributed by atoms with Crippen LogP contribution < -0.4 is 10.2 Å². The van der Waals surface area contributed by atoms with Crippen molar-refractivity contribution in [2.24, 2.45) is 0 Å². The van der Waals surface area contributed by atoms with Crippen molar-refractivity contribution in [3.63, 3.8) is 0 Å². The van der Waals surface area contributed by atoms with E-state index in [1.807, 2.05) is 48.5 Å². The summed E-state index contributed by atoms with van der Waals surface area (Å²) in [5.74, 6) is 0.450. The average Bonchev–Trinajstić information content (AvgIpc) is 2.77. The Hall–Kier alpha value is -2.96. The maximum Gasteiger partial charge on any atom is 0.275 e. The van der Waals surface area contributed by atoms with Gasteiger partial charge in [0.25, 0.3) is 5.91 Å². The third-order valence-corrected chi connectivity index (χ3v) is 4.77. The van der Waals surface area contributed by atoms with Gasteiger partial charge in [-0.25, -0.2) is 15.3 Å². The van der Waals surface area contributed by atoms with Crippen molar-refractivity contribution in [1.29, 1.82) is 0 Å². The molecule has 6 nitrogen and oxygen atoms in total. The fraction of sp³-hybridized carbons (Fsp3) is 0.273. The lowest BCUT2D eigenvalue weighted by atomic mass is 10.0. The van der Waals surface area contributed by atoms with Crippen molar-refractivity contribution >= 4 is 16.8 Å². The number of benzene rings is 2. The lowest BCUT2D eigenvalue weighted by molar-refractivity contribution is -0.186. The average molecular weight is 378 g/mol. The van der Waals surface area contributed by atoms with Crippen LogP contribution in [0.2, 0.25) is 0 Å². The molecule has 0 aliphatic carbocycles. The zero-order chi connectivity index (χ0) is 19.3. The standard InChI is InChI=1S/C22H22N2O4/c1-26-16-11-9-15(10-12-16)20-14-18(17-6-2-3-7-19(17)23-20)22(25)24-28-21-8-4-5-13-27-21/h2-3,6-7,9-12,14,21H,4-5,8,13H2,1H3,(H,24,25)/t21-/m0/s1. The Morgan fingerprint density at radius 2 is 1.96 bits per heavy atom. The minimum atomic E-state index is -0.396. The van der Waals surface area contributed by atoms with E-state index in [0.29, 0.717) is 17.9 Å². The summed E-state index contributed by atoms with van der Waals surface area (Å²) in [5.41, 5.74) is 5.41. The molecule has 1 saturated heterocycles. The largest absolute Gasteiger partial charge is 0.497 e. The van der Waals surface area contributed by atoms with Gasteiger partial charge in [-0.3, -0.25) is 4.79 Å². The van der Waals surface area contributed by atoms with Crippen LogP contribution in [0.25, 0.3) is 22.2 Å². The molecule has 1 N–H and O–H groups in total. The number of para-hydroxylation sites is 1. The maximum atomic E-state index is 12.8. The van der Waals surface area contributed by atoms with Crippen LogP contribution in [0.1, 0.15) is 29.6 Å². The van der Waals surface area contributed by atoms with E-state index >= 15 is 0 Å². The predicted octanol–water partition coefficient (Wildman–Crippen LogP) is 4.10. The van der Waals surface area contributed by atoms with Crippen LogP contribution in [0.3, 0.4) is 0 Å². The van der Waals surface area contributed by atoms with Crippen molar-refractivity contribution in [3.8, 4) is 17.0 Å². The molecule has 0 radical (unpaired) electrons. The van der Waals surface area contributed by atoms with Gasteiger partial charge < -0.3 is 9.47 Å². The fourth-order valence-electron chi connectivity index (χ4n) is 3.25. The van der Waals surface area contributed by atoms with Gasteiger partial charge in [-0.1, -0.05) is 18.2 Å². The van der Waals surface area contributed by atoms with Crippen molar-refractivity contribution in [3.05, 3.63) is 60.2 Å². The summed E-state index contributed by atoms with van der Waals surface area (Å²) in [6.45, 7) is 0.653. The molecule has 2 aromatic carbocycles. The highest BCUT2D eigenvalue weighted by Crippen LogP contribution is 2.26. The summed E-state index contributed by atoms with van der Waals surface area (Å²) in [4.78, 5) is 23.0. The minimum Gasteiger partial charge on any atom is -0.497 e. The first-order valence-electron chi connectivity index (χ1n) is 9.36. The number of methoxy groups -OCH3 is 1. The summed E-state index contributed by atoms with van der Waals surface area (Å²) in [6, 6.07) is 16.9. The van der Waals surface area contributed by atoms with E-state index in [9.17, 15) is 4.79 Å². The predicted molar refractivity (Wildman–Crippen MR) is 106 cm³/mol. The molecule has 0 saturated carbocycles. The summed E-state index contributed by atoms with van der Waals surface area (Å²) < 4.78 is 10.7. The van der Waals surface area contributed by atoms with Crippen LogP contribution in [0, 0.1) is 0 Å². The second kappa shape index (κ2) is 8.37. The topological polar surface area (TPSA) is 69.7 Å². The van der Waals surface area contributed by atoms with E-state index in [4.69, 9.17) is 19.3 Å². The van der Waals surface area contributed by atoms with Gasteiger partial charge in [0, 0.05) is 24.0 Å². The van der Waals surface area contributed by atoms with E-state index in [-0.39, 0.29) is 5.91 Å². The summed E-state index contributed by atoms with van der Waals surface area (Å²) in [5, 5.41) is 0.769. The number of hydrogen-bond acceptors (Lipinski definition) is 5. The number of rotatable bonds is 5. The molecule has 1 fully saturated rings. The molecule has 1 aliphatic heterocycles. The highest BCUT2D eigenvalue weighted by molar-refractivity contribution is 6.06. The molecule has 6 heteroatoms. The van der Waals surface area contributed by atoms with Crippen LogP contribution >= 0.6 is 0 Å². The number of aromatic nitrogens is 1. The first kappa shape index (κ1) is 18.4. The van der Waals surface area contributed by atoms with E-state index in [0.717, 1.165) is 41.5 Å². The highest BCUT2D eigenvalue weighted by Gasteiger charge is 2.18. The maximum absolute atomic E-state index is 12.8. The Labute approximate surface area is 163 Å². The molecule has 1 aromatic heterocycles. The zero-order valence-corrected chi connectivity index (χ0v) is 15.7. The Bertz CT molecular complexity index is 966. The van der Waals surface area contributed by atoms with E-state index < -0.39 is 6.29 Å². The summed E-state index contributed by atoms with van der Waals surface area (Å²) in [7, 11) is 1.63. The number of amides is 1. The minimum absolute atomic E-state index is 0.317. The van der Waals surface area contributed by atoms with Gasteiger partial charge in [0.05, 0.1) is 23.9 Å². The number of carbonyl (C=O) groups excluding carboxylic acids is 1. The lowest BCUT2D eigenvalue weighted by Crippen LogP contribution is -2.33. The van der Waals surface area contributed by atoms with E-state index in [1.54, 1.807) is 13.2 Å². The van der Waals surface area contributed by atoms with Crippen LogP contribution in [0.4, 0.5) is 0 Å². The van der Waals surface area contributed by atoms with E-state index in [1.165, 1.54) is 0 Å². The molecule has 0 bridgehead atoms. The number of pyridine rings is 1. The molecular formula is C22H22N2O4. The van der Waals surface area contributed by atoms with Gasteiger partial charge >= 0.3 is 0 Å². The van der Waals surface area contributed by atoms with E-state index in [2.05, 4.69) is 5.48 Å². The third kappa shape index (κ3) is 3.98. The van der Waals surface area contributed by atoms with Crippen molar-refractivity contribution in [2.75, 3.05) is 13.7 Å². The summed E-state index contributed by atoms with van der Waals surface area (Å²) >= 11 is 0. The first-order chi connectivity index (χ1) is 13.7. The molecule has 28 heavy (non-hydrogen) atoms. The normalized spacial score (nSPS) is 16.7. The number of nitrogens with zero attached hydrogens (tertiary/aromatic N) is 1. The molecular weight excluding hydrogens is 356 g/mol. The van der Waals surface area contributed by atoms with Gasteiger partial charge in [0.1, 0.15) is 5.75 Å². The molecule has 0 unspecified atom stereocenters. The molecule has 0 spiro atoms. The zero-order valence-electron chi connectivity index (χ0n) is 15.7. The summed E-state index contributed by atoms with van der Waals surface area (Å²) in [6.07, 6.45) is 2.43. The SMILES string of the molecule is COc1ccc(-c2cc(C(=O)NO[C@H]3CCCCO3)c3ccccc3n2)cc1. The number of hydrogen-bond donors (Lipinski definition) is 1. The smallest absolute Gasteiger partial charge is 0.275 e. The van der Waals surface area contributed by atoms with Gasteiger partial charge in [-0.15, -0.1) is 0 Å². The van der Waals surface area contributed by atoms with Crippen LogP contribution in [0.5, 0.6) is 5.75 Å². The lowest BCUT2D eigenvalue weighted by Gasteiger charge is -2.22. The Morgan fingerprint density at radius 3 is 2.71 bits per heavy atom. The Morgan fingerprint density at radius 1 is 1.14 bits per heavy atom. The van der Waals surface area contributed by atoms with Crippen molar-refractivity contribution < 1.29 is 19.1 Å². The Balaban J connectivity index is 1.64. The van der Waals surface area contributed by atoms with Gasteiger partial charge in [0.15, 0.2) is 6.29 Å². The van der Waals surface area contributed by atoms with Crippen molar-refractivity contribution in [2.45, 2.75) is 25.6 Å². The number of hydroxylamine groups is 1. The van der Waals surface area contributed by atoms with Gasteiger partial charge in [0.2, 0.25) is 0 Å². The Kier molecular flexibility index (Phi) is 5.50. The molecule has 3 aromatic rings. The molecule has 4 rings (SSSR count). The fourth-order valence-corrected chi connectivity index (χ4v) is 3.25. The second-order valence-corrected chi connectivity index (χ2v) is 6.65. The van der Waals surface area contributed by atoms with Crippen LogP contribution in [0.15, 0.2) is 54.6 Å². The highest BCUT2D eigenvalue weighted by atomic mass is 16.8. The molecule has 2 heterocycles. The van der Waals surface area contributed by atoms with Gasteiger partial charge in [-0.2, -0.15) is 0 Å².